The van der Waals surface area contributed by atoms with Gasteiger partial charge in [-0.25, -0.2) is 4.39 Å². The predicted molar refractivity (Wildman–Crippen MR) is 95.8 cm³/mol. The normalized spacial score (nSPS) is 13.4. The van der Waals surface area contributed by atoms with E-state index in [9.17, 15) is 4.39 Å². The highest BCUT2D eigenvalue weighted by Crippen LogP contribution is 2.44. The van der Waals surface area contributed by atoms with E-state index in [0.717, 1.165) is 27.7 Å². The number of halogens is 1. The fraction of sp³-hybridized carbons (Fsp3) is 0.222. The summed E-state index contributed by atoms with van der Waals surface area (Å²) in [6, 6.07) is 13.4. The van der Waals surface area contributed by atoms with E-state index in [1.54, 1.807) is 35.7 Å². The van der Waals surface area contributed by atoms with Gasteiger partial charge < -0.3 is 4.90 Å². The summed E-state index contributed by atoms with van der Waals surface area (Å²) in [5.41, 5.74) is 2.21. The largest absolute Gasteiger partial charge is 0.309 e. The van der Waals surface area contributed by atoms with Crippen molar-refractivity contribution in [2.24, 2.45) is 0 Å². The average Bonchev–Trinajstić information content (AvgIpc) is 2.64. The van der Waals surface area contributed by atoms with Gasteiger partial charge in [0.15, 0.2) is 0 Å². The zero-order valence-corrected chi connectivity index (χ0v) is 14.3. The highest BCUT2D eigenvalue weighted by Gasteiger charge is 2.16. The fourth-order valence-corrected chi connectivity index (χ4v) is 4.59. The van der Waals surface area contributed by atoms with Gasteiger partial charge in [-0.2, -0.15) is 0 Å². The smallest absolute Gasteiger partial charge is 0.123 e. The quantitative estimate of drug-likeness (QED) is 0.769. The first-order valence-corrected chi connectivity index (χ1v) is 9.00. The molecule has 0 spiro atoms. The Bertz CT molecular complexity index is 710. The van der Waals surface area contributed by atoms with Crippen molar-refractivity contribution in [2.45, 2.75) is 9.79 Å². The molecule has 0 saturated heterocycles. The molecule has 2 aromatic carbocycles. The fourth-order valence-electron chi connectivity index (χ4n) is 2.27. The van der Waals surface area contributed by atoms with Crippen LogP contribution >= 0.6 is 23.5 Å². The van der Waals surface area contributed by atoms with Gasteiger partial charge in [-0.3, -0.25) is 0 Å². The van der Waals surface area contributed by atoms with Crippen LogP contribution in [0, 0.1) is 5.82 Å². The van der Waals surface area contributed by atoms with Crippen LogP contribution in [-0.2, 0) is 0 Å². The van der Waals surface area contributed by atoms with Crippen LogP contribution in [0.1, 0.15) is 11.1 Å². The first-order valence-electron chi connectivity index (χ1n) is 7.19. The Labute approximate surface area is 139 Å². The lowest BCUT2D eigenvalue weighted by atomic mass is 10.1. The Morgan fingerprint density at radius 3 is 2.73 bits per heavy atom. The number of hydrogen-bond acceptors (Lipinski definition) is 3. The molecule has 0 N–H and O–H groups in total. The molecule has 0 amide bonds. The molecule has 1 heterocycles. The molecule has 114 valence electrons. The Kier molecular flexibility index (Phi) is 4.91. The van der Waals surface area contributed by atoms with Crippen molar-refractivity contribution in [1.82, 2.24) is 4.90 Å². The lowest BCUT2D eigenvalue weighted by Gasteiger charge is -2.12. The van der Waals surface area contributed by atoms with E-state index in [4.69, 9.17) is 0 Å². The van der Waals surface area contributed by atoms with Crippen molar-refractivity contribution in [1.29, 1.82) is 0 Å². The van der Waals surface area contributed by atoms with Crippen LogP contribution in [0.15, 0.2) is 52.3 Å². The van der Waals surface area contributed by atoms with Gasteiger partial charge in [0.1, 0.15) is 5.82 Å². The average molecular weight is 331 g/mol. The van der Waals surface area contributed by atoms with Crippen molar-refractivity contribution in [3.8, 4) is 0 Å². The zero-order chi connectivity index (χ0) is 15.5. The van der Waals surface area contributed by atoms with Gasteiger partial charge in [-0.05, 0) is 50.0 Å². The summed E-state index contributed by atoms with van der Waals surface area (Å²) in [5, 5.41) is 0. The SMILES string of the molecule is CN(C)CCSC1=Cc2ccccc2Sc2ccc(F)cc21. The third kappa shape index (κ3) is 3.57. The number of fused-ring (bicyclic) bond motifs is 2. The van der Waals surface area contributed by atoms with E-state index >= 15 is 0 Å². The van der Waals surface area contributed by atoms with E-state index in [-0.39, 0.29) is 5.82 Å². The molecular weight excluding hydrogens is 313 g/mol. The second-order valence-corrected chi connectivity index (χ2v) is 7.66. The lowest BCUT2D eigenvalue weighted by Crippen LogP contribution is -2.14. The molecule has 0 radical (unpaired) electrons. The van der Waals surface area contributed by atoms with Crippen molar-refractivity contribution >= 4 is 34.5 Å². The molecule has 2 aromatic rings. The molecule has 1 aliphatic rings. The molecule has 0 bridgehead atoms. The van der Waals surface area contributed by atoms with Gasteiger partial charge in [-0.1, -0.05) is 30.0 Å². The highest BCUT2D eigenvalue weighted by molar-refractivity contribution is 8.08. The molecule has 0 aliphatic carbocycles. The van der Waals surface area contributed by atoms with Gasteiger partial charge in [0, 0.05) is 32.6 Å². The molecule has 0 fully saturated rings. The Balaban J connectivity index is 2.00. The van der Waals surface area contributed by atoms with Crippen LogP contribution in [0.4, 0.5) is 4.39 Å². The topological polar surface area (TPSA) is 3.24 Å². The maximum Gasteiger partial charge on any atom is 0.123 e. The van der Waals surface area contributed by atoms with Crippen LogP contribution in [0.3, 0.4) is 0 Å². The maximum absolute atomic E-state index is 13.7. The lowest BCUT2D eigenvalue weighted by molar-refractivity contribution is 0.437. The van der Waals surface area contributed by atoms with E-state index in [2.05, 4.69) is 43.3 Å². The van der Waals surface area contributed by atoms with Crippen molar-refractivity contribution in [3.63, 3.8) is 0 Å². The van der Waals surface area contributed by atoms with Gasteiger partial charge in [0.2, 0.25) is 0 Å². The molecule has 4 heteroatoms. The summed E-state index contributed by atoms with van der Waals surface area (Å²) in [5.74, 6) is 0.811. The van der Waals surface area contributed by atoms with E-state index in [0.29, 0.717) is 0 Å². The zero-order valence-electron chi connectivity index (χ0n) is 12.7. The number of benzene rings is 2. The molecule has 1 nitrogen and oxygen atoms in total. The second-order valence-electron chi connectivity index (χ2n) is 5.44. The van der Waals surface area contributed by atoms with Crippen LogP contribution < -0.4 is 0 Å². The number of rotatable bonds is 4. The highest BCUT2D eigenvalue weighted by atomic mass is 32.2. The third-order valence-electron chi connectivity index (χ3n) is 3.43. The van der Waals surface area contributed by atoms with E-state index < -0.39 is 0 Å². The number of nitrogens with zero attached hydrogens (tertiary/aromatic N) is 1. The molecule has 0 unspecified atom stereocenters. The minimum Gasteiger partial charge on any atom is -0.309 e. The van der Waals surface area contributed by atoms with Crippen LogP contribution in [0.2, 0.25) is 0 Å². The standard InChI is InChI=1S/C18H18FNS2/c1-20(2)9-10-21-18-11-13-5-3-4-6-16(13)22-17-8-7-14(19)12-15(17)18/h3-8,11-12H,9-10H2,1-2H3. The maximum atomic E-state index is 13.7. The number of hydrogen-bond donors (Lipinski definition) is 0. The van der Waals surface area contributed by atoms with Crippen LogP contribution in [0.25, 0.3) is 11.0 Å². The molecule has 0 saturated carbocycles. The molecule has 3 rings (SSSR count). The summed E-state index contributed by atoms with van der Waals surface area (Å²) < 4.78 is 13.7. The van der Waals surface area contributed by atoms with Crippen molar-refractivity contribution < 1.29 is 4.39 Å². The Morgan fingerprint density at radius 1 is 1.09 bits per heavy atom. The summed E-state index contributed by atoms with van der Waals surface area (Å²) in [6.07, 6.45) is 2.19. The van der Waals surface area contributed by atoms with Crippen LogP contribution in [0.5, 0.6) is 0 Å². The van der Waals surface area contributed by atoms with Crippen molar-refractivity contribution in [3.05, 3.63) is 59.4 Å². The molecule has 1 aliphatic heterocycles. The summed E-state index contributed by atoms with van der Waals surface area (Å²) in [7, 11) is 4.14. The third-order valence-corrected chi connectivity index (χ3v) is 5.63. The first-order chi connectivity index (χ1) is 10.6. The van der Waals surface area contributed by atoms with Crippen LogP contribution in [-0.4, -0.2) is 31.3 Å². The van der Waals surface area contributed by atoms with E-state index in [1.165, 1.54) is 10.5 Å². The van der Waals surface area contributed by atoms with Gasteiger partial charge in [0.05, 0.1) is 0 Å². The predicted octanol–water partition coefficient (Wildman–Crippen LogP) is 5.08. The minimum absolute atomic E-state index is 0.176. The number of thioether (sulfide) groups is 1. The Hall–Kier alpha value is -1.23. The minimum atomic E-state index is -0.176. The molecule has 0 aromatic heterocycles. The first kappa shape index (κ1) is 15.7. The molecule has 0 atom stereocenters. The molecule has 22 heavy (non-hydrogen) atoms. The van der Waals surface area contributed by atoms with Gasteiger partial charge in [-0.15, -0.1) is 11.8 Å². The summed E-state index contributed by atoms with van der Waals surface area (Å²) >= 11 is 3.51. The molecular formula is C18H18FNS2. The van der Waals surface area contributed by atoms with Gasteiger partial charge in [0.25, 0.3) is 0 Å². The van der Waals surface area contributed by atoms with Crippen molar-refractivity contribution in [2.75, 3.05) is 26.4 Å². The second kappa shape index (κ2) is 6.90. The monoisotopic (exact) mass is 331 g/mol. The summed E-state index contributed by atoms with van der Waals surface area (Å²) in [4.78, 5) is 5.65. The summed E-state index contributed by atoms with van der Waals surface area (Å²) in [6.45, 7) is 1.00. The Morgan fingerprint density at radius 2 is 1.91 bits per heavy atom. The van der Waals surface area contributed by atoms with Gasteiger partial charge >= 0.3 is 0 Å². The van der Waals surface area contributed by atoms with E-state index in [1.807, 2.05) is 12.1 Å².